The molecule has 11 aliphatic rings. The van der Waals surface area contributed by atoms with Crippen LogP contribution in [0.25, 0.3) is 0 Å². The quantitative estimate of drug-likeness (QED) is 0.0338. The van der Waals surface area contributed by atoms with E-state index >= 15 is 0 Å². The molecule has 11 rings (SSSR count). The lowest BCUT2D eigenvalue weighted by Gasteiger charge is -2.38. The molecule has 5 saturated carbocycles. The van der Waals surface area contributed by atoms with Crippen molar-refractivity contribution in [1.82, 2.24) is 42.1 Å². The van der Waals surface area contributed by atoms with E-state index in [2.05, 4.69) is 51.1 Å². The van der Waals surface area contributed by atoms with Gasteiger partial charge in [0.05, 0.1) is 29.6 Å². The van der Waals surface area contributed by atoms with Crippen molar-refractivity contribution in [2.45, 2.75) is 355 Å². The van der Waals surface area contributed by atoms with Gasteiger partial charge >= 0.3 is 42.0 Å². The number of hydrogen-bond acceptors (Lipinski definition) is 22. The topological polar surface area (TPSA) is 323 Å². The van der Waals surface area contributed by atoms with Crippen LogP contribution >= 0.6 is 0 Å². The minimum atomic E-state index is -2.60. The van der Waals surface area contributed by atoms with Gasteiger partial charge in [0.2, 0.25) is 5.92 Å². The molecule has 4 amide bonds. The Morgan fingerprint density at radius 2 is 0.619 bits per heavy atom. The summed E-state index contributed by atoms with van der Waals surface area (Å²) in [6.07, 6.45) is 24.7. The molecule has 10 fully saturated rings. The number of hydrogen-bond donors (Lipinski definition) is 7. The van der Waals surface area contributed by atoms with Crippen LogP contribution in [0.2, 0.25) is 0 Å². The van der Waals surface area contributed by atoms with E-state index in [0.717, 1.165) is 207 Å². The molecular weight excluding hydrogens is 1520 g/mol. The minimum absolute atomic E-state index is 0.0104. The molecule has 27 heteroatoms. The Balaban J connectivity index is 0.000000205. The van der Waals surface area contributed by atoms with Crippen LogP contribution in [0.15, 0.2) is 12.2 Å². The summed E-state index contributed by atoms with van der Waals surface area (Å²) < 4.78 is 66.0. The number of ketones is 1. The van der Waals surface area contributed by atoms with Crippen LogP contribution in [0.5, 0.6) is 0 Å². The predicted octanol–water partition coefficient (Wildman–Crippen LogP) is 14.3. The maximum absolute atomic E-state index is 13.1. The molecule has 118 heavy (non-hydrogen) atoms. The van der Waals surface area contributed by atoms with Gasteiger partial charge in [-0.25, -0.2) is 18.4 Å². The molecule has 25 nitrogen and oxygen atoms in total. The largest absolute Gasteiger partial charge is 0.459 e. The first-order valence-corrected chi connectivity index (χ1v) is 45.4. The Morgan fingerprint density at radius 1 is 0.356 bits per heavy atom. The molecule has 0 spiro atoms. The van der Waals surface area contributed by atoms with Crippen molar-refractivity contribution in [2.24, 2.45) is 71.0 Å². The Labute approximate surface area is 704 Å². The summed E-state index contributed by atoms with van der Waals surface area (Å²) in [4.78, 5) is 122. The second-order valence-electron chi connectivity index (χ2n) is 40.3. The number of esters is 5. The zero-order valence-electron chi connectivity index (χ0n) is 75.0. The summed E-state index contributed by atoms with van der Waals surface area (Å²) in [7, 11) is 0. The molecule has 0 bridgehead atoms. The van der Waals surface area contributed by atoms with E-state index in [4.69, 9.17) is 33.2 Å². The number of carbonyl (C=O) groups excluding carboxylic acids is 10. The molecule has 5 aliphatic carbocycles. The van der Waals surface area contributed by atoms with Crippen molar-refractivity contribution in [3.8, 4) is 0 Å². The van der Waals surface area contributed by atoms with E-state index < -0.39 is 39.5 Å². The second kappa shape index (κ2) is 45.5. The third kappa shape index (κ3) is 33.7. The number of carbonyl (C=O) groups is 10. The van der Waals surface area contributed by atoms with Gasteiger partial charge in [0.15, 0.2) is 0 Å². The van der Waals surface area contributed by atoms with E-state index in [1.807, 2.05) is 96.9 Å². The van der Waals surface area contributed by atoms with Crippen molar-refractivity contribution in [3.63, 3.8) is 0 Å². The van der Waals surface area contributed by atoms with Crippen molar-refractivity contribution in [3.05, 3.63) is 12.2 Å². The smallest absolute Gasteiger partial charge is 0.407 e. The normalized spacial score (nSPS) is 25.5. The van der Waals surface area contributed by atoms with Gasteiger partial charge in [0.25, 0.3) is 11.8 Å². The van der Waals surface area contributed by atoms with E-state index in [1.54, 1.807) is 0 Å². The first-order chi connectivity index (χ1) is 55.3. The van der Waals surface area contributed by atoms with Gasteiger partial charge in [-0.15, -0.1) is 0 Å². The Morgan fingerprint density at radius 3 is 0.915 bits per heavy atom. The zero-order valence-corrected chi connectivity index (χ0v) is 75.0. The van der Waals surface area contributed by atoms with E-state index in [0.29, 0.717) is 74.3 Å². The number of nitrogens with zero attached hydrogens (tertiary/aromatic N) is 1. The number of alkyl halides is 2. The van der Waals surface area contributed by atoms with E-state index in [-0.39, 0.29) is 132 Å². The Bertz CT molecular complexity index is 3200. The average Bonchev–Trinajstić information content (AvgIpc) is 1.06. The summed E-state index contributed by atoms with van der Waals surface area (Å²) in [5, 5.41) is 22.4. The zero-order chi connectivity index (χ0) is 86.9. The molecule has 7 N–H and O–H groups in total. The lowest BCUT2D eigenvalue weighted by molar-refractivity contribution is -0.172. The summed E-state index contributed by atoms with van der Waals surface area (Å²) in [5.74, 6) is -1.20. The highest BCUT2D eigenvalue weighted by Gasteiger charge is 2.45. The molecule has 0 aromatic heterocycles. The highest BCUT2D eigenvalue weighted by atomic mass is 19.3. The fourth-order valence-electron chi connectivity index (χ4n) is 18.7. The van der Waals surface area contributed by atoms with Crippen LogP contribution in [0.4, 0.5) is 18.4 Å². The lowest BCUT2D eigenvalue weighted by Crippen LogP contribution is -2.45. The van der Waals surface area contributed by atoms with Crippen molar-refractivity contribution < 1.29 is 89.9 Å². The SMILES string of the molecule is CC(C)(C)OC(=O)NC1CCC(C(=O)OC(C)(C)C2CCNCC2)CC1.CC(C)(C)OC(=O)NCC1CCC(C(=O)OC(C)(C)C2CCNCC2)CC1.CC(C)(OC(=O)C1CCC(=O)CC1)C1CCNCC1.CC(C)(OC(=O)C1CCC(CN2C(=O)C=CC2=O)CC1)C1CCNCC1.CC(C)(OC(=O)C1CCC(F)(F)CC1)C1CCNCC1. The van der Waals surface area contributed by atoms with Gasteiger partial charge in [-0.05, 0) is 355 Å². The predicted molar refractivity (Wildman–Crippen MR) is 449 cm³/mol. The fraction of sp³-hybridized carbons (Fsp3) is 0.868. The molecule has 0 aromatic rings. The Kier molecular flexibility index (Phi) is 38.2. The molecule has 6 heterocycles. The number of alkyl carbamates (subject to hydrolysis) is 2. The molecule has 0 aromatic carbocycles. The van der Waals surface area contributed by atoms with Crippen molar-refractivity contribution in [1.29, 1.82) is 0 Å². The van der Waals surface area contributed by atoms with Crippen LogP contribution < -0.4 is 37.2 Å². The first kappa shape index (κ1) is 99.2. The second-order valence-corrected chi connectivity index (χ2v) is 40.3. The monoisotopic (exact) mass is 1670 g/mol. The number of halogens is 2. The summed E-state index contributed by atoms with van der Waals surface area (Å²) in [5.41, 5.74) is -3.09. The average molecular weight is 1670 g/mol. The lowest BCUT2D eigenvalue weighted by atomic mass is 9.80. The number of amides is 4. The van der Waals surface area contributed by atoms with Crippen LogP contribution in [-0.2, 0) is 71.5 Å². The number of ether oxygens (including phenoxy) is 7. The minimum Gasteiger partial charge on any atom is -0.459 e. The number of imide groups is 1. The van der Waals surface area contributed by atoms with E-state index in [9.17, 15) is 56.7 Å². The summed E-state index contributed by atoms with van der Waals surface area (Å²) in [6, 6.07) is 0.0753. The van der Waals surface area contributed by atoms with Crippen LogP contribution in [0, 0.1) is 71.0 Å². The van der Waals surface area contributed by atoms with Gasteiger partial charge in [-0.2, -0.15) is 0 Å². The molecule has 0 unspecified atom stereocenters. The summed E-state index contributed by atoms with van der Waals surface area (Å²) in [6.45, 7) is 42.2. The van der Waals surface area contributed by atoms with Gasteiger partial charge in [0, 0.05) is 86.6 Å². The maximum Gasteiger partial charge on any atom is 0.407 e. The number of rotatable bonds is 20. The molecule has 0 radical (unpaired) electrons. The Hall–Kier alpha value is -5.90. The standard InChI is InChI=1S/C21H38N2O4.C20H30N2O4.C20H36N2O4.C15H25F2NO2.C15H25NO3/c1-20(2,3)27-19(25)23-14-15-6-8-16(9-7-15)18(24)26-21(4,5)17-10-12-22-13-11-17;1-20(2,16-9-11-21-12-10-16)26-19(25)15-5-3-14(4-6-15)13-22-17(23)7-8-18(22)24;1-19(2,3)26-18(24)22-16-8-6-14(7-9-16)17(23)25-20(4,5)15-10-12-21-13-11-15;1-14(2,12-5-9-18-10-6-12)20-13(19)11-3-7-15(16,17)8-4-11;1-15(2,12-7-9-16-10-8-12)19-14(18)11-3-5-13(17)6-4-11/h15-17,22H,6-14H2,1-5H3,(H,23,25);7-8,14-16,21H,3-6,9-13H2,1-2H3;14-16,21H,6-13H2,1-5H3,(H,22,24);11-12,18H,3-10H2,1-2H3;11-12,16H,3-10H2,1-2H3. The molecule has 674 valence electrons. The number of piperidine rings is 5. The number of nitrogens with one attached hydrogen (secondary N) is 7. The first-order valence-electron chi connectivity index (χ1n) is 45.4. The van der Waals surface area contributed by atoms with Crippen LogP contribution in [-0.4, -0.2) is 194 Å². The van der Waals surface area contributed by atoms with Gasteiger partial charge < -0.3 is 70.4 Å². The molecule has 0 atom stereocenters. The van der Waals surface area contributed by atoms with Crippen LogP contribution in [0.1, 0.15) is 303 Å². The number of Topliss-reactive ketones (excluding diaryl/α,β-unsaturated/α-hetero) is 1. The molecule has 6 aliphatic heterocycles. The summed E-state index contributed by atoms with van der Waals surface area (Å²) >= 11 is 0. The highest BCUT2D eigenvalue weighted by molar-refractivity contribution is 6.12. The fourth-order valence-corrected chi connectivity index (χ4v) is 18.7. The molecule has 5 saturated heterocycles. The van der Waals surface area contributed by atoms with Crippen LogP contribution in [0.3, 0.4) is 0 Å². The van der Waals surface area contributed by atoms with Crippen molar-refractivity contribution >= 4 is 59.6 Å². The molecular formula is C91H154F2N8O17. The maximum atomic E-state index is 13.1. The van der Waals surface area contributed by atoms with Gasteiger partial charge in [-0.1, -0.05) is 0 Å². The third-order valence-corrected chi connectivity index (χ3v) is 26.8. The van der Waals surface area contributed by atoms with E-state index in [1.165, 1.54) is 17.1 Å². The van der Waals surface area contributed by atoms with Crippen molar-refractivity contribution in [2.75, 3.05) is 78.5 Å². The van der Waals surface area contributed by atoms with Gasteiger partial charge in [0.1, 0.15) is 45.0 Å². The highest BCUT2D eigenvalue weighted by Crippen LogP contribution is 2.42. The third-order valence-electron chi connectivity index (χ3n) is 26.8. The van der Waals surface area contributed by atoms with Gasteiger partial charge in [-0.3, -0.25) is 43.3 Å².